The van der Waals surface area contributed by atoms with Gasteiger partial charge in [0, 0.05) is 36.4 Å². The lowest BCUT2D eigenvalue weighted by Gasteiger charge is -2.21. The Labute approximate surface area is 169 Å². The molecule has 0 heterocycles. The maximum absolute atomic E-state index is 12.3. The number of nitrogens with one attached hydrogen (secondary N) is 2. The third kappa shape index (κ3) is 5.65. The zero-order chi connectivity index (χ0) is 19.8. The van der Waals surface area contributed by atoms with Gasteiger partial charge in [-0.05, 0) is 56.3 Å². The van der Waals surface area contributed by atoms with Crippen LogP contribution in [0.15, 0.2) is 54.2 Å². The summed E-state index contributed by atoms with van der Waals surface area (Å²) in [4.78, 5) is 14.5. The van der Waals surface area contributed by atoms with E-state index in [-0.39, 0.29) is 5.57 Å². The summed E-state index contributed by atoms with van der Waals surface area (Å²) in [6.07, 6.45) is 1.37. The molecule has 0 aromatic heterocycles. The van der Waals surface area contributed by atoms with Gasteiger partial charge in [0.2, 0.25) is 0 Å². The molecule has 0 fully saturated rings. The summed E-state index contributed by atoms with van der Waals surface area (Å²) in [5.41, 5.74) is 2.29. The van der Waals surface area contributed by atoms with Crippen molar-refractivity contribution in [3.63, 3.8) is 0 Å². The fraction of sp³-hybridized carbons (Fsp3) is 0.200. The van der Waals surface area contributed by atoms with Gasteiger partial charge >= 0.3 is 0 Å². The molecule has 140 valence electrons. The molecule has 0 saturated carbocycles. The molecule has 2 N–H and O–H groups in total. The first-order chi connectivity index (χ1) is 13.0. The van der Waals surface area contributed by atoms with Gasteiger partial charge in [0.25, 0.3) is 5.91 Å². The number of hydrogen-bond donors (Lipinski definition) is 2. The number of nitrogens with zero attached hydrogens (tertiary/aromatic N) is 2. The highest BCUT2D eigenvalue weighted by atomic mass is 35.5. The lowest BCUT2D eigenvalue weighted by molar-refractivity contribution is -0.112. The highest BCUT2D eigenvalue weighted by Crippen LogP contribution is 2.25. The minimum Gasteiger partial charge on any atom is -0.372 e. The van der Waals surface area contributed by atoms with E-state index in [1.54, 1.807) is 12.1 Å². The molecule has 2 rings (SSSR count). The molecule has 0 atom stereocenters. The Kier molecular flexibility index (Phi) is 7.54. The van der Waals surface area contributed by atoms with Crippen LogP contribution in [0.4, 0.5) is 17.1 Å². The van der Waals surface area contributed by atoms with Gasteiger partial charge in [-0.1, -0.05) is 23.2 Å². The smallest absolute Gasteiger partial charge is 0.267 e. The number of nitriles is 1. The van der Waals surface area contributed by atoms with E-state index < -0.39 is 5.91 Å². The molecular weight excluding hydrogens is 383 g/mol. The second-order valence-corrected chi connectivity index (χ2v) is 6.43. The largest absolute Gasteiger partial charge is 0.372 e. The van der Waals surface area contributed by atoms with E-state index in [9.17, 15) is 10.1 Å². The monoisotopic (exact) mass is 402 g/mol. The second kappa shape index (κ2) is 9.86. The Morgan fingerprint density at radius 3 is 2.26 bits per heavy atom. The van der Waals surface area contributed by atoms with E-state index in [0.29, 0.717) is 15.7 Å². The molecule has 7 heteroatoms. The summed E-state index contributed by atoms with van der Waals surface area (Å²) >= 11 is 11.8. The van der Waals surface area contributed by atoms with Crippen LogP contribution >= 0.6 is 23.2 Å². The summed E-state index contributed by atoms with van der Waals surface area (Å²) in [5, 5.41) is 15.6. The molecule has 0 bridgehead atoms. The third-order valence-corrected chi connectivity index (χ3v) is 4.66. The third-order valence-electron chi connectivity index (χ3n) is 3.92. The predicted octanol–water partition coefficient (Wildman–Crippen LogP) is 5.30. The van der Waals surface area contributed by atoms with E-state index >= 15 is 0 Å². The number of carbonyl (C=O) groups excluding carboxylic acids is 1. The lowest BCUT2D eigenvalue weighted by atomic mass is 10.2. The molecule has 2 aromatic rings. The van der Waals surface area contributed by atoms with Crippen molar-refractivity contribution in [3.8, 4) is 6.07 Å². The summed E-state index contributed by atoms with van der Waals surface area (Å²) < 4.78 is 0. The Morgan fingerprint density at radius 1 is 1.07 bits per heavy atom. The number of benzene rings is 2. The van der Waals surface area contributed by atoms with E-state index in [1.165, 1.54) is 12.3 Å². The number of carbonyl (C=O) groups is 1. The maximum atomic E-state index is 12.3. The van der Waals surface area contributed by atoms with Crippen LogP contribution in [0.1, 0.15) is 13.8 Å². The van der Waals surface area contributed by atoms with Gasteiger partial charge in [-0.2, -0.15) is 5.26 Å². The molecule has 1 amide bonds. The quantitative estimate of drug-likeness (QED) is 0.487. The number of rotatable bonds is 7. The molecule has 0 spiro atoms. The van der Waals surface area contributed by atoms with Crippen LogP contribution < -0.4 is 15.5 Å². The SMILES string of the molecule is CCN(CC)c1ccc(N/C=C(/C#N)C(=O)Nc2ccc(Cl)c(Cl)c2)cc1. The molecule has 0 radical (unpaired) electrons. The molecule has 27 heavy (non-hydrogen) atoms. The summed E-state index contributed by atoms with van der Waals surface area (Å²) in [6.45, 7) is 6.06. The molecule has 0 unspecified atom stereocenters. The topological polar surface area (TPSA) is 68.2 Å². The van der Waals surface area contributed by atoms with Gasteiger partial charge in [0.15, 0.2) is 0 Å². The van der Waals surface area contributed by atoms with Crippen molar-refractivity contribution in [1.82, 2.24) is 0 Å². The average molecular weight is 403 g/mol. The van der Waals surface area contributed by atoms with Gasteiger partial charge in [-0.3, -0.25) is 4.79 Å². The van der Waals surface area contributed by atoms with Crippen molar-refractivity contribution < 1.29 is 4.79 Å². The Hall–Kier alpha value is -2.68. The highest BCUT2D eigenvalue weighted by molar-refractivity contribution is 6.42. The van der Waals surface area contributed by atoms with Gasteiger partial charge < -0.3 is 15.5 Å². The Morgan fingerprint density at radius 2 is 1.70 bits per heavy atom. The zero-order valence-electron chi connectivity index (χ0n) is 15.1. The van der Waals surface area contributed by atoms with Crippen LogP contribution in [0.5, 0.6) is 0 Å². The normalized spacial score (nSPS) is 10.9. The predicted molar refractivity (Wildman–Crippen MR) is 112 cm³/mol. The van der Waals surface area contributed by atoms with Crippen LogP contribution in [0.2, 0.25) is 10.0 Å². The van der Waals surface area contributed by atoms with E-state index in [4.69, 9.17) is 23.2 Å². The molecule has 5 nitrogen and oxygen atoms in total. The van der Waals surface area contributed by atoms with Crippen molar-refractivity contribution in [3.05, 3.63) is 64.3 Å². The second-order valence-electron chi connectivity index (χ2n) is 5.62. The summed E-state index contributed by atoms with van der Waals surface area (Å²) in [6, 6.07) is 14.4. The minimum atomic E-state index is -0.539. The highest BCUT2D eigenvalue weighted by Gasteiger charge is 2.10. The van der Waals surface area contributed by atoms with E-state index in [0.717, 1.165) is 24.5 Å². The fourth-order valence-electron chi connectivity index (χ4n) is 2.43. The van der Waals surface area contributed by atoms with Crippen molar-refractivity contribution >= 4 is 46.2 Å². The van der Waals surface area contributed by atoms with Crippen LogP contribution in [0, 0.1) is 11.3 Å². The van der Waals surface area contributed by atoms with Crippen LogP contribution in [-0.2, 0) is 4.79 Å². The molecule has 0 saturated heterocycles. The first-order valence-electron chi connectivity index (χ1n) is 8.46. The standard InChI is InChI=1S/C20H20Cl2N4O/c1-3-26(4-2)17-8-5-15(6-9-17)24-13-14(12-23)20(27)25-16-7-10-18(21)19(22)11-16/h5-11,13,24H,3-4H2,1-2H3,(H,25,27)/b14-13-. The summed E-state index contributed by atoms with van der Waals surface area (Å²) in [5.74, 6) is -0.539. The molecule has 0 aliphatic rings. The maximum Gasteiger partial charge on any atom is 0.267 e. The van der Waals surface area contributed by atoms with Crippen molar-refractivity contribution in [2.75, 3.05) is 28.6 Å². The van der Waals surface area contributed by atoms with Crippen molar-refractivity contribution in [2.24, 2.45) is 0 Å². The lowest BCUT2D eigenvalue weighted by Crippen LogP contribution is -2.21. The zero-order valence-corrected chi connectivity index (χ0v) is 16.6. The summed E-state index contributed by atoms with van der Waals surface area (Å²) in [7, 11) is 0. The molecule has 0 aliphatic heterocycles. The van der Waals surface area contributed by atoms with Crippen molar-refractivity contribution in [1.29, 1.82) is 5.26 Å². The van der Waals surface area contributed by atoms with Gasteiger partial charge in [0.05, 0.1) is 10.0 Å². The first-order valence-corrected chi connectivity index (χ1v) is 9.22. The fourth-order valence-corrected chi connectivity index (χ4v) is 2.73. The van der Waals surface area contributed by atoms with Crippen LogP contribution in [0.25, 0.3) is 0 Å². The van der Waals surface area contributed by atoms with Gasteiger partial charge in [0.1, 0.15) is 11.6 Å². The molecule has 0 aliphatic carbocycles. The number of amides is 1. The van der Waals surface area contributed by atoms with Gasteiger partial charge in [-0.25, -0.2) is 0 Å². The average Bonchev–Trinajstić information content (AvgIpc) is 2.67. The van der Waals surface area contributed by atoms with Crippen LogP contribution in [0.3, 0.4) is 0 Å². The Balaban J connectivity index is 2.06. The van der Waals surface area contributed by atoms with E-state index in [1.807, 2.05) is 30.3 Å². The number of anilines is 3. The van der Waals surface area contributed by atoms with Crippen molar-refractivity contribution in [2.45, 2.75) is 13.8 Å². The molecule has 2 aromatic carbocycles. The van der Waals surface area contributed by atoms with Crippen LogP contribution in [-0.4, -0.2) is 19.0 Å². The number of halogens is 2. The Bertz CT molecular complexity index is 869. The van der Waals surface area contributed by atoms with E-state index in [2.05, 4.69) is 29.4 Å². The minimum absolute atomic E-state index is 0.0612. The first kappa shape index (κ1) is 20.6. The number of hydrogen-bond acceptors (Lipinski definition) is 4. The molecular formula is C20H20Cl2N4O. The van der Waals surface area contributed by atoms with Gasteiger partial charge in [-0.15, -0.1) is 0 Å².